The van der Waals surface area contributed by atoms with Crippen LogP contribution in [0.2, 0.25) is 0 Å². The van der Waals surface area contributed by atoms with Crippen molar-refractivity contribution in [1.82, 2.24) is 10.6 Å². The SMILES string of the molecule is CC(C)(CO)NC(=O)NCc1ccccc1F. The van der Waals surface area contributed by atoms with Gasteiger partial charge in [-0.05, 0) is 19.9 Å². The lowest BCUT2D eigenvalue weighted by molar-refractivity contribution is 0.182. The number of halogens is 1. The molecule has 0 radical (unpaired) electrons. The van der Waals surface area contributed by atoms with E-state index in [2.05, 4.69) is 10.6 Å². The Kier molecular flexibility index (Phi) is 4.45. The van der Waals surface area contributed by atoms with Crippen molar-refractivity contribution in [2.45, 2.75) is 25.9 Å². The number of rotatable bonds is 4. The average molecular weight is 240 g/mol. The molecule has 0 saturated heterocycles. The summed E-state index contributed by atoms with van der Waals surface area (Å²) in [6, 6.07) is 5.80. The van der Waals surface area contributed by atoms with Gasteiger partial charge in [0.1, 0.15) is 5.82 Å². The highest BCUT2D eigenvalue weighted by molar-refractivity contribution is 5.74. The van der Waals surface area contributed by atoms with Crippen molar-refractivity contribution in [3.8, 4) is 0 Å². The predicted molar refractivity (Wildman–Crippen MR) is 62.9 cm³/mol. The van der Waals surface area contributed by atoms with Crippen molar-refractivity contribution in [2.75, 3.05) is 6.61 Å². The summed E-state index contributed by atoms with van der Waals surface area (Å²) in [6.45, 7) is 3.32. The van der Waals surface area contributed by atoms with Crippen LogP contribution in [0, 0.1) is 5.82 Å². The molecule has 1 aromatic carbocycles. The Labute approximate surface area is 99.8 Å². The van der Waals surface area contributed by atoms with Gasteiger partial charge in [0, 0.05) is 12.1 Å². The van der Waals surface area contributed by atoms with Crippen LogP contribution in [0.3, 0.4) is 0 Å². The molecular formula is C12H17FN2O2. The molecule has 3 N–H and O–H groups in total. The number of nitrogens with one attached hydrogen (secondary N) is 2. The first kappa shape index (κ1) is 13.4. The Balaban J connectivity index is 2.47. The predicted octanol–water partition coefficient (Wildman–Crippen LogP) is 1.40. The van der Waals surface area contributed by atoms with Crippen molar-refractivity contribution in [2.24, 2.45) is 0 Å². The summed E-state index contributed by atoms with van der Waals surface area (Å²) in [6.07, 6.45) is 0. The molecule has 94 valence electrons. The average Bonchev–Trinajstić information content (AvgIpc) is 2.27. The molecule has 0 saturated carbocycles. The van der Waals surface area contributed by atoms with Crippen molar-refractivity contribution >= 4 is 6.03 Å². The monoisotopic (exact) mass is 240 g/mol. The fraction of sp³-hybridized carbons (Fsp3) is 0.417. The van der Waals surface area contributed by atoms with E-state index in [9.17, 15) is 9.18 Å². The third kappa shape index (κ3) is 4.40. The normalized spacial score (nSPS) is 11.1. The van der Waals surface area contributed by atoms with Crippen LogP contribution in [0.5, 0.6) is 0 Å². The Hall–Kier alpha value is -1.62. The molecule has 0 atom stereocenters. The van der Waals surface area contributed by atoms with Gasteiger partial charge in [0.05, 0.1) is 12.1 Å². The van der Waals surface area contributed by atoms with Crippen molar-refractivity contribution in [1.29, 1.82) is 0 Å². The third-order valence-corrected chi connectivity index (χ3v) is 2.24. The molecular weight excluding hydrogens is 223 g/mol. The molecule has 0 unspecified atom stereocenters. The quantitative estimate of drug-likeness (QED) is 0.745. The zero-order valence-electron chi connectivity index (χ0n) is 9.96. The van der Waals surface area contributed by atoms with Gasteiger partial charge < -0.3 is 15.7 Å². The molecule has 1 aromatic rings. The molecule has 0 fully saturated rings. The van der Waals surface area contributed by atoms with Gasteiger partial charge in [0.2, 0.25) is 0 Å². The van der Waals surface area contributed by atoms with Crippen LogP contribution in [0.4, 0.5) is 9.18 Å². The standard InChI is InChI=1S/C12H17FN2O2/c1-12(2,8-16)15-11(17)14-7-9-5-3-4-6-10(9)13/h3-6,16H,7-8H2,1-2H3,(H2,14,15,17). The van der Waals surface area contributed by atoms with E-state index in [0.29, 0.717) is 5.56 Å². The first-order chi connectivity index (χ1) is 7.94. The number of carbonyl (C=O) groups excluding carboxylic acids is 1. The van der Waals surface area contributed by atoms with E-state index in [1.54, 1.807) is 32.0 Å². The highest BCUT2D eigenvalue weighted by atomic mass is 19.1. The van der Waals surface area contributed by atoms with E-state index in [1.165, 1.54) is 6.07 Å². The smallest absolute Gasteiger partial charge is 0.315 e. The number of hydrogen-bond donors (Lipinski definition) is 3. The topological polar surface area (TPSA) is 61.4 Å². The number of urea groups is 1. The molecule has 2 amide bonds. The fourth-order valence-electron chi connectivity index (χ4n) is 1.21. The van der Waals surface area contributed by atoms with Gasteiger partial charge in [-0.1, -0.05) is 18.2 Å². The van der Waals surface area contributed by atoms with Crippen molar-refractivity contribution < 1.29 is 14.3 Å². The molecule has 17 heavy (non-hydrogen) atoms. The minimum Gasteiger partial charge on any atom is -0.394 e. The lowest BCUT2D eigenvalue weighted by Gasteiger charge is -2.23. The molecule has 0 aliphatic rings. The summed E-state index contributed by atoms with van der Waals surface area (Å²) < 4.78 is 13.2. The van der Waals surface area contributed by atoms with Gasteiger partial charge >= 0.3 is 6.03 Å². The largest absolute Gasteiger partial charge is 0.394 e. The zero-order valence-corrected chi connectivity index (χ0v) is 9.96. The lowest BCUT2D eigenvalue weighted by Crippen LogP contribution is -2.50. The van der Waals surface area contributed by atoms with Crippen molar-refractivity contribution in [3.63, 3.8) is 0 Å². The number of carbonyl (C=O) groups is 1. The lowest BCUT2D eigenvalue weighted by atomic mass is 10.1. The summed E-state index contributed by atoms with van der Waals surface area (Å²) >= 11 is 0. The Morgan fingerprint density at radius 3 is 2.65 bits per heavy atom. The van der Waals surface area contributed by atoms with E-state index in [4.69, 9.17) is 5.11 Å². The zero-order chi connectivity index (χ0) is 12.9. The van der Waals surface area contributed by atoms with Crippen LogP contribution in [0.15, 0.2) is 24.3 Å². The molecule has 5 heteroatoms. The van der Waals surface area contributed by atoms with Crippen LogP contribution >= 0.6 is 0 Å². The minimum absolute atomic E-state index is 0.111. The molecule has 0 aliphatic carbocycles. The maximum Gasteiger partial charge on any atom is 0.315 e. The molecule has 4 nitrogen and oxygen atoms in total. The maximum atomic E-state index is 13.2. The Bertz CT molecular complexity index is 394. The van der Waals surface area contributed by atoms with Crippen molar-refractivity contribution in [3.05, 3.63) is 35.6 Å². The summed E-state index contributed by atoms with van der Waals surface area (Å²) in [4.78, 5) is 11.4. The number of benzene rings is 1. The van der Waals surface area contributed by atoms with E-state index < -0.39 is 11.6 Å². The molecule has 0 heterocycles. The van der Waals surface area contributed by atoms with Crippen LogP contribution < -0.4 is 10.6 Å². The van der Waals surface area contributed by atoms with Crippen LogP contribution in [-0.2, 0) is 6.54 Å². The first-order valence-corrected chi connectivity index (χ1v) is 5.35. The van der Waals surface area contributed by atoms with Crippen LogP contribution in [0.25, 0.3) is 0 Å². The van der Waals surface area contributed by atoms with Crippen LogP contribution in [-0.4, -0.2) is 23.3 Å². The number of aliphatic hydroxyl groups is 1. The summed E-state index contributed by atoms with van der Waals surface area (Å²) in [5.74, 6) is -0.353. The fourth-order valence-corrected chi connectivity index (χ4v) is 1.21. The van der Waals surface area contributed by atoms with Gasteiger partial charge in [0.15, 0.2) is 0 Å². The second kappa shape index (κ2) is 5.63. The highest BCUT2D eigenvalue weighted by Gasteiger charge is 2.18. The number of hydrogen-bond acceptors (Lipinski definition) is 2. The van der Waals surface area contributed by atoms with Gasteiger partial charge in [-0.25, -0.2) is 9.18 Å². The third-order valence-electron chi connectivity index (χ3n) is 2.24. The van der Waals surface area contributed by atoms with E-state index >= 15 is 0 Å². The van der Waals surface area contributed by atoms with E-state index in [0.717, 1.165) is 0 Å². The Morgan fingerprint density at radius 2 is 2.06 bits per heavy atom. The van der Waals surface area contributed by atoms with E-state index in [1.807, 2.05) is 0 Å². The number of amides is 2. The number of aliphatic hydroxyl groups excluding tert-OH is 1. The highest BCUT2D eigenvalue weighted by Crippen LogP contribution is 2.05. The molecule has 0 bridgehead atoms. The first-order valence-electron chi connectivity index (χ1n) is 5.35. The molecule has 0 aliphatic heterocycles. The summed E-state index contributed by atoms with van der Waals surface area (Å²) in [5, 5.41) is 14.1. The molecule has 0 spiro atoms. The second-order valence-corrected chi connectivity index (χ2v) is 4.44. The Morgan fingerprint density at radius 1 is 1.41 bits per heavy atom. The summed E-state index contributed by atoms with van der Waals surface area (Å²) in [7, 11) is 0. The van der Waals surface area contributed by atoms with Gasteiger partial charge in [-0.3, -0.25) is 0 Å². The van der Waals surface area contributed by atoms with Gasteiger partial charge in [-0.15, -0.1) is 0 Å². The maximum absolute atomic E-state index is 13.2. The van der Waals surface area contributed by atoms with E-state index in [-0.39, 0.29) is 19.0 Å². The minimum atomic E-state index is -0.695. The van der Waals surface area contributed by atoms with Gasteiger partial charge in [-0.2, -0.15) is 0 Å². The second-order valence-electron chi connectivity index (χ2n) is 4.44. The molecule has 1 rings (SSSR count). The van der Waals surface area contributed by atoms with Crippen LogP contribution in [0.1, 0.15) is 19.4 Å². The molecule has 0 aromatic heterocycles. The summed E-state index contributed by atoms with van der Waals surface area (Å²) in [5.41, 5.74) is -0.274. The van der Waals surface area contributed by atoms with Gasteiger partial charge in [0.25, 0.3) is 0 Å².